The summed E-state index contributed by atoms with van der Waals surface area (Å²) in [6, 6.07) is -2.08. The van der Waals surface area contributed by atoms with Gasteiger partial charge in [-0.3, -0.25) is 4.79 Å². The Morgan fingerprint density at radius 1 is 1.32 bits per heavy atom. The van der Waals surface area contributed by atoms with Crippen molar-refractivity contribution in [3.8, 4) is 0 Å². The van der Waals surface area contributed by atoms with Crippen LogP contribution in [0.5, 0.6) is 0 Å². The first kappa shape index (κ1) is 17.2. The number of carbonyl (C=O) groups is 3. The third-order valence-corrected chi connectivity index (χ3v) is 2.18. The number of urea groups is 1. The molecule has 0 aromatic carbocycles. The lowest BCUT2D eigenvalue weighted by atomic mass is 10.2. The van der Waals surface area contributed by atoms with Gasteiger partial charge in [-0.1, -0.05) is 0 Å². The van der Waals surface area contributed by atoms with Gasteiger partial charge in [-0.25, -0.2) is 9.59 Å². The number of hydrogen-bond donors (Lipinski definition) is 4. The fraction of sp³-hybridized carbons (Fsp3) is 0.727. The van der Waals surface area contributed by atoms with Crippen molar-refractivity contribution in [2.45, 2.75) is 38.8 Å². The van der Waals surface area contributed by atoms with Crippen molar-refractivity contribution in [3.63, 3.8) is 0 Å². The molecule has 0 fully saturated rings. The van der Waals surface area contributed by atoms with E-state index in [9.17, 15) is 14.4 Å². The van der Waals surface area contributed by atoms with Crippen LogP contribution >= 0.6 is 0 Å². The van der Waals surface area contributed by atoms with Crippen LogP contribution in [0.25, 0.3) is 0 Å². The molecule has 0 aliphatic heterocycles. The number of carbonyl (C=O) groups excluding carboxylic acids is 2. The first-order valence-corrected chi connectivity index (χ1v) is 5.99. The van der Waals surface area contributed by atoms with E-state index in [0.717, 1.165) is 0 Å². The van der Waals surface area contributed by atoms with Crippen molar-refractivity contribution in [2.75, 3.05) is 13.2 Å². The van der Waals surface area contributed by atoms with Gasteiger partial charge in [0.2, 0.25) is 0 Å². The first-order valence-electron chi connectivity index (χ1n) is 5.99. The summed E-state index contributed by atoms with van der Waals surface area (Å²) in [4.78, 5) is 33.0. The van der Waals surface area contributed by atoms with E-state index in [-0.39, 0.29) is 18.9 Å². The molecule has 0 aliphatic rings. The molecule has 8 heteroatoms. The molecule has 0 bridgehead atoms. The molecule has 4 N–H and O–H groups in total. The van der Waals surface area contributed by atoms with Crippen LogP contribution in [-0.2, 0) is 14.3 Å². The highest BCUT2D eigenvalue weighted by Gasteiger charge is 2.24. The summed E-state index contributed by atoms with van der Waals surface area (Å²) in [6.07, 6.45) is -0.645. The SMILES string of the molecule is CCOC(=O)CCCNC(=O)NC(C(=O)O)C(C)O. The van der Waals surface area contributed by atoms with E-state index in [1.807, 2.05) is 0 Å². The summed E-state index contributed by atoms with van der Waals surface area (Å²) >= 11 is 0. The van der Waals surface area contributed by atoms with E-state index in [1.165, 1.54) is 6.92 Å². The monoisotopic (exact) mass is 276 g/mol. The molecular weight excluding hydrogens is 256 g/mol. The lowest BCUT2D eigenvalue weighted by molar-refractivity contribution is -0.143. The zero-order valence-corrected chi connectivity index (χ0v) is 11.0. The minimum Gasteiger partial charge on any atom is -0.480 e. The minimum atomic E-state index is -1.37. The van der Waals surface area contributed by atoms with Crippen LogP contribution < -0.4 is 10.6 Å². The Hall–Kier alpha value is -1.83. The Labute approximate surface area is 111 Å². The predicted molar refractivity (Wildman–Crippen MR) is 65.5 cm³/mol. The van der Waals surface area contributed by atoms with Crippen molar-refractivity contribution >= 4 is 18.0 Å². The molecule has 0 heterocycles. The fourth-order valence-electron chi connectivity index (χ4n) is 1.25. The normalized spacial score (nSPS) is 13.2. The highest BCUT2D eigenvalue weighted by atomic mass is 16.5. The predicted octanol–water partition coefficient (Wildman–Crippen LogP) is -0.537. The number of nitrogens with one attached hydrogen (secondary N) is 2. The minimum absolute atomic E-state index is 0.173. The number of carboxylic acid groups (broad SMARTS) is 1. The van der Waals surface area contributed by atoms with Gasteiger partial charge in [0.05, 0.1) is 12.7 Å². The van der Waals surface area contributed by atoms with Gasteiger partial charge in [0.1, 0.15) is 0 Å². The largest absolute Gasteiger partial charge is 0.480 e. The molecule has 0 radical (unpaired) electrons. The van der Waals surface area contributed by atoms with Crippen molar-refractivity contribution in [1.29, 1.82) is 0 Å². The quantitative estimate of drug-likeness (QED) is 0.348. The first-order chi connectivity index (χ1) is 8.88. The zero-order valence-electron chi connectivity index (χ0n) is 11.0. The van der Waals surface area contributed by atoms with Gasteiger partial charge in [0.25, 0.3) is 0 Å². The van der Waals surface area contributed by atoms with Crippen LogP contribution in [0.15, 0.2) is 0 Å². The van der Waals surface area contributed by atoms with E-state index < -0.39 is 24.1 Å². The second-order valence-electron chi connectivity index (χ2n) is 3.87. The van der Waals surface area contributed by atoms with E-state index >= 15 is 0 Å². The molecule has 110 valence electrons. The van der Waals surface area contributed by atoms with Crippen LogP contribution in [0.1, 0.15) is 26.7 Å². The Morgan fingerprint density at radius 2 is 1.95 bits per heavy atom. The number of rotatable bonds is 8. The molecule has 19 heavy (non-hydrogen) atoms. The second kappa shape index (κ2) is 9.15. The molecule has 0 aromatic rings. The summed E-state index contributed by atoms with van der Waals surface area (Å²) in [5, 5.41) is 22.4. The highest BCUT2D eigenvalue weighted by molar-refractivity contribution is 5.82. The molecule has 0 spiro atoms. The van der Waals surface area contributed by atoms with Gasteiger partial charge in [-0.2, -0.15) is 0 Å². The van der Waals surface area contributed by atoms with Crippen molar-refractivity contribution in [2.24, 2.45) is 0 Å². The average Bonchev–Trinajstić information content (AvgIpc) is 2.31. The van der Waals surface area contributed by atoms with Gasteiger partial charge in [-0.15, -0.1) is 0 Å². The fourth-order valence-corrected chi connectivity index (χ4v) is 1.25. The molecule has 0 aromatic heterocycles. The Balaban J connectivity index is 3.86. The van der Waals surface area contributed by atoms with Crippen LogP contribution in [0.3, 0.4) is 0 Å². The molecule has 0 saturated carbocycles. The average molecular weight is 276 g/mol. The summed E-state index contributed by atoms with van der Waals surface area (Å²) < 4.78 is 4.70. The van der Waals surface area contributed by atoms with Gasteiger partial charge in [0, 0.05) is 13.0 Å². The van der Waals surface area contributed by atoms with Crippen LogP contribution in [-0.4, -0.2) is 53.5 Å². The van der Waals surface area contributed by atoms with E-state index in [1.54, 1.807) is 6.92 Å². The summed E-state index contributed by atoms with van der Waals surface area (Å²) in [5.74, 6) is -1.67. The van der Waals surface area contributed by atoms with E-state index in [0.29, 0.717) is 13.0 Å². The topological polar surface area (TPSA) is 125 Å². The number of aliphatic carboxylic acids is 1. The lowest BCUT2D eigenvalue weighted by Crippen LogP contribution is -2.51. The molecule has 2 unspecified atom stereocenters. The smallest absolute Gasteiger partial charge is 0.328 e. The number of esters is 1. The maximum absolute atomic E-state index is 11.3. The number of carboxylic acids is 1. The third kappa shape index (κ3) is 7.98. The van der Waals surface area contributed by atoms with E-state index in [4.69, 9.17) is 14.9 Å². The van der Waals surface area contributed by atoms with Crippen LogP contribution in [0, 0.1) is 0 Å². The number of aliphatic hydroxyl groups excluding tert-OH is 1. The summed E-state index contributed by atoms with van der Waals surface area (Å²) in [7, 11) is 0. The molecule has 0 rings (SSSR count). The van der Waals surface area contributed by atoms with Gasteiger partial charge in [0.15, 0.2) is 6.04 Å². The number of ether oxygens (including phenoxy) is 1. The standard InChI is InChI=1S/C11H20N2O6/c1-3-19-8(15)5-4-6-12-11(18)13-9(7(2)14)10(16)17/h7,9,14H,3-6H2,1-2H3,(H,16,17)(H2,12,13,18). The molecule has 8 nitrogen and oxygen atoms in total. The van der Waals surface area contributed by atoms with E-state index in [2.05, 4.69) is 10.6 Å². The van der Waals surface area contributed by atoms with Gasteiger partial charge >= 0.3 is 18.0 Å². The van der Waals surface area contributed by atoms with Gasteiger partial charge in [-0.05, 0) is 20.3 Å². The Kier molecular flexibility index (Phi) is 8.27. The molecule has 2 atom stereocenters. The Morgan fingerprint density at radius 3 is 2.42 bits per heavy atom. The maximum Gasteiger partial charge on any atom is 0.328 e. The maximum atomic E-state index is 11.3. The molecular formula is C11H20N2O6. The summed E-state index contributed by atoms with van der Waals surface area (Å²) in [5.41, 5.74) is 0. The van der Waals surface area contributed by atoms with Crippen molar-refractivity contribution in [3.05, 3.63) is 0 Å². The van der Waals surface area contributed by atoms with Gasteiger partial charge < -0.3 is 25.6 Å². The second-order valence-corrected chi connectivity index (χ2v) is 3.87. The number of amides is 2. The number of aliphatic hydroxyl groups is 1. The van der Waals surface area contributed by atoms with Crippen molar-refractivity contribution in [1.82, 2.24) is 10.6 Å². The van der Waals surface area contributed by atoms with Crippen molar-refractivity contribution < 1.29 is 29.3 Å². The third-order valence-electron chi connectivity index (χ3n) is 2.18. The molecule has 0 aliphatic carbocycles. The lowest BCUT2D eigenvalue weighted by Gasteiger charge is -2.17. The summed E-state index contributed by atoms with van der Waals surface area (Å²) in [6.45, 7) is 3.48. The molecule has 0 saturated heterocycles. The van der Waals surface area contributed by atoms with Crippen LogP contribution in [0.4, 0.5) is 4.79 Å². The highest BCUT2D eigenvalue weighted by Crippen LogP contribution is 1.94. The zero-order chi connectivity index (χ0) is 14.8. The number of hydrogen-bond acceptors (Lipinski definition) is 5. The Bertz CT molecular complexity index is 318. The van der Waals surface area contributed by atoms with Crippen LogP contribution in [0.2, 0.25) is 0 Å². The molecule has 2 amide bonds.